The van der Waals surface area contributed by atoms with Gasteiger partial charge < -0.3 is 4.57 Å². The van der Waals surface area contributed by atoms with E-state index in [2.05, 4.69) is 0 Å². The first-order chi connectivity index (χ1) is 10.8. The van der Waals surface area contributed by atoms with Gasteiger partial charge in [-0.3, -0.25) is 4.79 Å². The van der Waals surface area contributed by atoms with Crippen LogP contribution in [0.15, 0.2) is 23.1 Å². The maximum atomic E-state index is 12.8. The molecule has 4 aliphatic carbocycles. The molecule has 0 spiro atoms. The third-order valence-electron chi connectivity index (χ3n) is 6.36. The lowest BCUT2D eigenvalue weighted by molar-refractivity contribution is -0.138. The molecule has 1 aromatic heterocycles. The summed E-state index contributed by atoms with van der Waals surface area (Å²) in [5, 5.41) is 0. The molecule has 4 bridgehead atoms. The molecule has 5 heteroatoms. The van der Waals surface area contributed by atoms with E-state index in [1.54, 1.807) is 0 Å². The molecule has 0 aromatic carbocycles. The summed E-state index contributed by atoms with van der Waals surface area (Å²) < 4.78 is 39.8. The predicted molar refractivity (Wildman–Crippen MR) is 80.9 cm³/mol. The minimum atomic E-state index is -4.39. The largest absolute Gasteiger partial charge is 0.417 e. The monoisotopic (exact) mass is 325 g/mol. The summed E-state index contributed by atoms with van der Waals surface area (Å²) in [6.07, 6.45) is 5.14. The zero-order valence-corrected chi connectivity index (χ0v) is 13.1. The van der Waals surface area contributed by atoms with Crippen LogP contribution in [0.2, 0.25) is 0 Å². The van der Waals surface area contributed by atoms with E-state index >= 15 is 0 Å². The van der Waals surface area contributed by atoms with Gasteiger partial charge in [0, 0.05) is 18.8 Å². The third kappa shape index (κ3) is 2.83. The van der Waals surface area contributed by atoms with Crippen molar-refractivity contribution in [2.75, 3.05) is 0 Å². The van der Waals surface area contributed by atoms with Gasteiger partial charge in [-0.2, -0.15) is 13.2 Å². The van der Waals surface area contributed by atoms with E-state index in [4.69, 9.17) is 0 Å². The van der Waals surface area contributed by atoms with E-state index in [0.717, 1.165) is 42.5 Å². The Labute approximate surface area is 133 Å². The lowest BCUT2D eigenvalue weighted by Crippen LogP contribution is -2.46. The second kappa shape index (κ2) is 5.12. The van der Waals surface area contributed by atoms with Gasteiger partial charge in [0.2, 0.25) is 0 Å². The Morgan fingerprint density at radius 2 is 1.61 bits per heavy atom. The van der Waals surface area contributed by atoms with E-state index in [9.17, 15) is 18.0 Å². The van der Waals surface area contributed by atoms with Crippen molar-refractivity contribution < 1.29 is 13.2 Å². The first-order valence-corrected chi connectivity index (χ1v) is 8.61. The number of pyridine rings is 1. The number of hydrogen-bond donors (Lipinski definition) is 0. The highest BCUT2D eigenvalue weighted by molar-refractivity contribution is 5.13. The molecule has 0 unspecified atom stereocenters. The molecule has 126 valence electrons. The summed E-state index contributed by atoms with van der Waals surface area (Å²) in [5.74, 6) is 2.46. The fourth-order valence-corrected chi connectivity index (χ4v) is 5.83. The van der Waals surface area contributed by atoms with Crippen LogP contribution in [0, 0.1) is 23.2 Å². The van der Waals surface area contributed by atoms with Crippen molar-refractivity contribution in [1.29, 1.82) is 0 Å². The molecule has 23 heavy (non-hydrogen) atoms. The van der Waals surface area contributed by atoms with Gasteiger partial charge in [0.1, 0.15) is 0 Å². The van der Waals surface area contributed by atoms with Crippen LogP contribution in [-0.2, 0) is 12.7 Å². The zero-order valence-electron chi connectivity index (χ0n) is 13.1. The van der Waals surface area contributed by atoms with Crippen LogP contribution in [0.1, 0.15) is 50.5 Å². The van der Waals surface area contributed by atoms with Crippen LogP contribution in [0.3, 0.4) is 0 Å². The molecule has 0 atom stereocenters. The summed E-state index contributed by atoms with van der Waals surface area (Å²) in [6.45, 7) is 0.412. The van der Waals surface area contributed by atoms with Gasteiger partial charge in [0.25, 0.3) is 5.56 Å². The highest BCUT2D eigenvalue weighted by Gasteiger charge is 2.50. The van der Waals surface area contributed by atoms with Crippen LogP contribution in [0.4, 0.5) is 13.2 Å². The standard InChI is InChI=1S/C18H22F3NO/c19-18(20,21)15-1-2-16(23)22(11-15)4-3-17-8-12-5-13(9-17)7-14(6-12)10-17/h1-2,11-14H,3-10H2. The smallest absolute Gasteiger partial charge is 0.315 e. The van der Waals surface area contributed by atoms with Crippen molar-refractivity contribution in [1.82, 2.24) is 4.57 Å². The van der Waals surface area contributed by atoms with Crippen molar-refractivity contribution in [2.24, 2.45) is 23.2 Å². The normalized spacial score (nSPS) is 35.7. The summed E-state index contributed by atoms with van der Waals surface area (Å²) in [5.41, 5.74) is -0.784. The molecule has 5 rings (SSSR count). The number of halogens is 3. The molecule has 4 fully saturated rings. The maximum Gasteiger partial charge on any atom is 0.417 e. The number of aromatic nitrogens is 1. The Hall–Kier alpha value is -1.26. The Balaban J connectivity index is 1.52. The fraction of sp³-hybridized carbons (Fsp3) is 0.722. The molecular formula is C18H22F3NO. The van der Waals surface area contributed by atoms with Crippen LogP contribution in [0.25, 0.3) is 0 Å². The molecule has 4 saturated carbocycles. The molecule has 4 aliphatic rings. The first kappa shape index (κ1) is 15.3. The highest BCUT2D eigenvalue weighted by Crippen LogP contribution is 2.61. The fourth-order valence-electron chi connectivity index (χ4n) is 5.83. The van der Waals surface area contributed by atoms with Crippen molar-refractivity contribution in [3.8, 4) is 0 Å². The Morgan fingerprint density at radius 1 is 1.04 bits per heavy atom. The molecule has 2 nitrogen and oxygen atoms in total. The predicted octanol–water partition coefficient (Wildman–Crippen LogP) is 4.47. The minimum Gasteiger partial charge on any atom is -0.315 e. The van der Waals surface area contributed by atoms with Crippen molar-refractivity contribution in [3.63, 3.8) is 0 Å². The molecular weight excluding hydrogens is 303 g/mol. The van der Waals surface area contributed by atoms with Crippen LogP contribution < -0.4 is 5.56 Å². The quantitative estimate of drug-likeness (QED) is 0.803. The molecule has 0 saturated heterocycles. The molecule has 0 amide bonds. The van der Waals surface area contributed by atoms with Crippen molar-refractivity contribution in [2.45, 2.75) is 57.7 Å². The summed E-state index contributed by atoms with van der Waals surface area (Å²) in [7, 11) is 0. The number of hydrogen-bond acceptors (Lipinski definition) is 1. The topological polar surface area (TPSA) is 22.0 Å². The average molecular weight is 325 g/mol. The third-order valence-corrected chi connectivity index (χ3v) is 6.36. The molecule has 0 N–H and O–H groups in total. The lowest BCUT2D eigenvalue weighted by atomic mass is 9.49. The van der Waals surface area contributed by atoms with Gasteiger partial charge in [-0.1, -0.05) is 0 Å². The number of nitrogens with zero attached hydrogens (tertiary/aromatic N) is 1. The summed E-state index contributed by atoms with van der Waals surface area (Å²) in [4.78, 5) is 11.9. The second-order valence-corrected chi connectivity index (χ2v) is 8.11. The van der Waals surface area contributed by atoms with Crippen molar-refractivity contribution >= 4 is 0 Å². The minimum absolute atomic E-state index is 0.280. The van der Waals surface area contributed by atoms with E-state index in [-0.39, 0.29) is 11.0 Å². The molecule has 1 heterocycles. The molecule has 0 aliphatic heterocycles. The lowest BCUT2D eigenvalue weighted by Gasteiger charge is -2.57. The highest BCUT2D eigenvalue weighted by atomic mass is 19.4. The SMILES string of the molecule is O=c1ccc(C(F)(F)F)cn1CCC12CC3CC(CC(C3)C1)C2. The second-order valence-electron chi connectivity index (χ2n) is 8.11. The van der Waals surface area contributed by atoms with Gasteiger partial charge in [-0.25, -0.2) is 0 Å². The van der Waals surface area contributed by atoms with Gasteiger partial charge in [-0.05, 0) is 74.2 Å². The van der Waals surface area contributed by atoms with Gasteiger partial charge in [0.15, 0.2) is 0 Å². The van der Waals surface area contributed by atoms with E-state index in [1.165, 1.54) is 43.1 Å². The van der Waals surface area contributed by atoms with E-state index in [1.807, 2.05) is 0 Å². The Morgan fingerprint density at radius 3 is 2.13 bits per heavy atom. The van der Waals surface area contributed by atoms with Gasteiger partial charge >= 0.3 is 6.18 Å². The van der Waals surface area contributed by atoms with E-state index < -0.39 is 11.7 Å². The summed E-state index contributed by atoms with van der Waals surface area (Å²) in [6, 6.07) is 1.92. The first-order valence-electron chi connectivity index (χ1n) is 8.61. The maximum absolute atomic E-state index is 12.8. The molecule has 0 radical (unpaired) electrons. The van der Waals surface area contributed by atoms with Crippen LogP contribution in [-0.4, -0.2) is 4.57 Å². The number of alkyl halides is 3. The van der Waals surface area contributed by atoms with Gasteiger partial charge in [0.05, 0.1) is 5.56 Å². The number of rotatable bonds is 3. The van der Waals surface area contributed by atoms with Crippen LogP contribution >= 0.6 is 0 Å². The summed E-state index contributed by atoms with van der Waals surface area (Å²) >= 11 is 0. The van der Waals surface area contributed by atoms with Crippen molar-refractivity contribution in [3.05, 3.63) is 34.2 Å². The molecule has 1 aromatic rings. The average Bonchev–Trinajstić information content (AvgIpc) is 2.43. The zero-order chi connectivity index (χ0) is 16.2. The Bertz CT molecular complexity index is 626. The van der Waals surface area contributed by atoms with Gasteiger partial charge in [-0.15, -0.1) is 0 Å². The van der Waals surface area contributed by atoms with E-state index in [0.29, 0.717) is 6.54 Å². The van der Waals surface area contributed by atoms with Crippen LogP contribution in [0.5, 0.6) is 0 Å². The number of aryl methyl sites for hydroxylation is 1. The Kier molecular flexibility index (Phi) is 3.40.